The van der Waals surface area contributed by atoms with Gasteiger partial charge in [-0.05, 0) is 18.1 Å². The van der Waals surface area contributed by atoms with Crippen LogP contribution in [0.4, 0.5) is 5.69 Å². The minimum absolute atomic E-state index is 0.0392. The molecule has 0 amide bonds. The van der Waals surface area contributed by atoms with Crippen LogP contribution in [0.2, 0.25) is 0 Å². The lowest BCUT2D eigenvalue weighted by Gasteiger charge is -1.98. The molecule has 0 saturated carbocycles. The summed E-state index contributed by atoms with van der Waals surface area (Å²) in [7, 11) is 0. The summed E-state index contributed by atoms with van der Waals surface area (Å²) in [6.07, 6.45) is 0.565. The summed E-state index contributed by atoms with van der Waals surface area (Å²) in [5.41, 5.74) is 0.400. The first-order chi connectivity index (χ1) is 8.97. The summed E-state index contributed by atoms with van der Waals surface area (Å²) in [6.45, 7) is 3.98. The first-order valence-corrected chi connectivity index (χ1v) is 5.81. The average Bonchev–Trinajstić information content (AvgIpc) is 2.69. The number of hydrogen-bond donors (Lipinski definition) is 0. The molecule has 0 fully saturated rings. The van der Waals surface area contributed by atoms with E-state index in [1.165, 1.54) is 24.3 Å². The molecule has 0 atom stereocenters. The summed E-state index contributed by atoms with van der Waals surface area (Å²) in [4.78, 5) is 21.7. The molecule has 0 aliphatic carbocycles. The monoisotopic (exact) mass is 263 g/mol. The second kappa shape index (κ2) is 5.05. The molecule has 100 valence electrons. The largest absolute Gasteiger partial charge is 0.441 e. The minimum atomic E-state index is -0.593. The van der Waals surface area contributed by atoms with Gasteiger partial charge in [-0.25, -0.2) is 4.79 Å². The Labute approximate surface area is 108 Å². The van der Waals surface area contributed by atoms with E-state index in [1.807, 2.05) is 13.8 Å². The number of nitrogens with zero attached hydrogens (tertiary/aromatic N) is 3. The fourth-order valence-corrected chi connectivity index (χ4v) is 1.63. The fourth-order valence-electron chi connectivity index (χ4n) is 1.63. The van der Waals surface area contributed by atoms with E-state index in [9.17, 15) is 14.9 Å². The summed E-state index contributed by atoms with van der Waals surface area (Å²) in [5.74, 6) is 0.0891. The van der Waals surface area contributed by atoms with Crippen molar-refractivity contribution in [2.24, 2.45) is 5.92 Å². The molecule has 0 bridgehead atoms. The smallest absolute Gasteiger partial charge is 0.392 e. The maximum Gasteiger partial charge on any atom is 0.441 e. The van der Waals surface area contributed by atoms with Crippen LogP contribution >= 0.6 is 0 Å². The Balaban J connectivity index is 2.33. The van der Waals surface area contributed by atoms with Crippen LogP contribution in [0.5, 0.6) is 0 Å². The molecule has 0 unspecified atom stereocenters. The third kappa shape index (κ3) is 2.87. The zero-order chi connectivity index (χ0) is 14.0. The van der Waals surface area contributed by atoms with Crippen molar-refractivity contribution in [3.05, 3.63) is 50.8 Å². The zero-order valence-electron chi connectivity index (χ0n) is 10.6. The lowest BCUT2D eigenvalue weighted by atomic mass is 10.1. The average molecular weight is 263 g/mol. The quantitative estimate of drug-likeness (QED) is 0.620. The third-order valence-corrected chi connectivity index (χ3v) is 2.48. The van der Waals surface area contributed by atoms with E-state index in [2.05, 4.69) is 5.10 Å². The van der Waals surface area contributed by atoms with Gasteiger partial charge in [-0.3, -0.25) is 10.1 Å². The number of nitro benzene ring substituents is 1. The molecule has 1 aromatic carbocycles. The van der Waals surface area contributed by atoms with E-state index >= 15 is 0 Å². The molecular formula is C12H13N3O4. The van der Waals surface area contributed by atoms with Gasteiger partial charge in [-0.2, -0.15) is 4.68 Å². The molecule has 0 aliphatic rings. The fraction of sp³-hybridized carbons (Fsp3) is 0.333. The van der Waals surface area contributed by atoms with E-state index in [0.29, 0.717) is 23.9 Å². The molecule has 0 aliphatic heterocycles. The highest BCUT2D eigenvalue weighted by atomic mass is 16.6. The van der Waals surface area contributed by atoms with Gasteiger partial charge in [0.05, 0.1) is 10.6 Å². The van der Waals surface area contributed by atoms with Crippen LogP contribution in [0.15, 0.2) is 33.5 Å². The van der Waals surface area contributed by atoms with E-state index in [0.717, 1.165) is 4.68 Å². The topological polar surface area (TPSA) is 91.2 Å². The summed E-state index contributed by atoms with van der Waals surface area (Å²) in [5, 5.41) is 14.6. The molecule has 0 N–H and O–H groups in total. The normalized spacial score (nSPS) is 10.9. The molecular weight excluding hydrogens is 250 g/mol. The summed E-state index contributed by atoms with van der Waals surface area (Å²) >= 11 is 0. The maximum atomic E-state index is 11.6. The summed E-state index contributed by atoms with van der Waals surface area (Å²) < 4.78 is 6.12. The van der Waals surface area contributed by atoms with Gasteiger partial charge in [0.2, 0.25) is 5.89 Å². The van der Waals surface area contributed by atoms with Gasteiger partial charge < -0.3 is 4.42 Å². The molecule has 2 aromatic rings. The number of aromatic nitrogens is 2. The Morgan fingerprint density at radius 3 is 2.53 bits per heavy atom. The number of nitro groups is 1. The minimum Gasteiger partial charge on any atom is -0.392 e. The number of rotatable bonds is 4. The highest BCUT2D eigenvalue weighted by Gasteiger charge is 2.12. The first-order valence-electron chi connectivity index (χ1n) is 5.81. The van der Waals surface area contributed by atoms with Crippen LogP contribution in [-0.4, -0.2) is 14.7 Å². The predicted octanol–water partition coefficient (Wildman–Crippen LogP) is 1.93. The van der Waals surface area contributed by atoms with Crippen molar-refractivity contribution >= 4 is 5.69 Å². The predicted molar refractivity (Wildman–Crippen MR) is 67.3 cm³/mol. The van der Waals surface area contributed by atoms with E-state index < -0.39 is 10.7 Å². The summed E-state index contributed by atoms with van der Waals surface area (Å²) in [6, 6.07) is 5.56. The Hall–Kier alpha value is -2.44. The van der Waals surface area contributed by atoms with Gasteiger partial charge in [0.1, 0.15) is 0 Å². The van der Waals surface area contributed by atoms with Crippen LogP contribution < -0.4 is 5.76 Å². The van der Waals surface area contributed by atoms with E-state index in [4.69, 9.17) is 4.42 Å². The maximum absolute atomic E-state index is 11.6. The van der Waals surface area contributed by atoms with Crippen molar-refractivity contribution in [1.29, 1.82) is 0 Å². The standard InChI is InChI=1S/C12H13N3O4/c1-8(2)7-11-13-14(12(16)19-11)9-3-5-10(6-4-9)15(17)18/h3-6,8H,7H2,1-2H3. The van der Waals surface area contributed by atoms with Crippen molar-refractivity contribution in [2.45, 2.75) is 20.3 Å². The SMILES string of the molecule is CC(C)Cc1nn(-c2ccc([N+](=O)[O-])cc2)c(=O)o1. The highest BCUT2D eigenvalue weighted by molar-refractivity contribution is 5.39. The van der Waals surface area contributed by atoms with Crippen LogP contribution in [0, 0.1) is 16.0 Å². The molecule has 7 heteroatoms. The van der Waals surface area contributed by atoms with Gasteiger partial charge in [0.25, 0.3) is 5.69 Å². The van der Waals surface area contributed by atoms with Crippen molar-refractivity contribution in [3.63, 3.8) is 0 Å². The Bertz CT molecular complexity index is 640. The number of non-ortho nitro benzene ring substituents is 1. The number of hydrogen-bond acceptors (Lipinski definition) is 5. The van der Waals surface area contributed by atoms with E-state index in [1.54, 1.807) is 0 Å². The highest BCUT2D eigenvalue weighted by Crippen LogP contribution is 2.14. The van der Waals surface area contributed by atoms with E-state index in [-0.39, 0.29) is 5.69 Å². The van der Waals surface area contributed by atoms with Crippen LogP contribution in [-0.2, 0) is 6.42 Å². The third-order valence-electron chi connectivity index (χ3n) is 2.48. The molecule has 19 heavy (non-hydrogen) atoms. The van der Waals surface area contributed by atoms with Crippen LogP contribution in [0.1, 0.15) is 19.7 Å². The molecule has 0 saturated heterocycles. The van der Waals surface area contributed by atoms with Gasteiger partial charge in [0.15, 0.2) is 0 Å². The molecule has 1 aromatic heterocycles. The lowest BCUT2D eigenvalue weighted by molar-refractivity contribution is -0.384. The van der Waals surface area contributed by atoms with Gasteiger partial charge in [-0.1, -0.05) is 13.8 Å². The van der Waals surface area contributed by atoms with Crippen LogP contribution in [0.3, 0.4) is 0 Å². The second-order valence-corrected chi connectivity index (χ2v) is 4.54. The molecule has 1 heterocycles. The van der Waals surface area contributed by atoms with Crippen molar-refractivity contribution in [2.75, 3.05) is 0 Å². The zero-order valence-corrected chi connectivity index (χ0v) is 10.6. The first kappa shape index (κ1) is 13.0. The number of benzene rings is 1. The molecule has 7 nitrogen and oxygen atoms in total. The van der Waals surface area contributed by atoms with Crippen molar-refractivity contribution in [1.82, 2.24) is 9.78 Å². The second-order valence-electron chi connectivity index (χ2n) is 4.54. The van der Waals surface area contributed by atoms with Crippen LogP contribution in [0.25, 0.3) is 5.69 Å². The molecule has 2 rings (SSSR count). The molecule has 0 spiro atoms. The Morgan fingerprint density at radius 1 is 1.37 bits per heavy atom. The Morgan fingerprint density at radius 2 is 2.00 bits per heavy atom. The van der Waals surface area contributed by atoms with Gasteiger partial charge in [0, 0.05) is 18.6 Å². The van der Waals surface area contributed by atoms with Gasteiger partial charge >= 0.3 is 5.76 Å². The van der Waals surface area contributed by atoms with Crippen molar-refractivity contribution < 1.29 is 9.34 Å². The Kier molecular flexibility index (Phi) is 3.46. The van der Waals surface area contributed by atoms with Crippen molar-refractivity contribution in [3.8, 4) is 5.69 Å². The lowest BCUT2D eigenvalue weighted by Crippen LogP contribution is -2.13. The molecule has 0 radical (unpaired) electrons. The van der Waals surface area contributed by atoms with Gasteiger partial charge in [-0.15, -0.1) is 5.10 Å².